The van der Waals surface area contributed by atoms with E-state index in [0.717, 1.165) is 18.8 Å². The summed E-state index contributed by atoms with van der Waals surface area (Å²) in [4.78, 5) is 18.4. The summed E-state index contributed by atoms with van der Waals surface area (Å²) in [5.74, 6) is 0.741. The first-order chi connectivity index (χ1) is 8.58. The number of nitrogens with zero attached hydrogens (tertiary/aromatic N) is 2. The van der Waals surface area contributed by atoms with E-state index in [1.807, 2.05) is 24.1 Å². The van der Waals surface area contributed by atoms with Crippen LogP contribution in [0.4, 0.5) is 0 Å². The zero-order valence-electron chi connectivity index (χ0n) is 10.9. The van der Waals surface area contributed by atoms with Crippen molar-refractivity contribution in [2.24, 2.45) is 5.92 Å². The first kappa shape index (κ1) is 13.5. The molecule has 1 fully saturated rings. The van der Waals surface area contributed by atoms with E-state index in [1.165, 1.54) is 12.8 Å². The van der Waals surface area contributed by atoms with Gasteiger partial charge < -0.3 is 4.90 Å². The normalized spacial score (nSPS) is 23.7. The zero-order valence-corrected chi connectivity index (χ0v) is 12.5. The van der Waals surface area contributed by atoms with Gasteiger partial charge in [0.1, 0.15) is 10.3 Å². The van der Waals surface area contributed by atoms with Crippen LogP contribution >= 0.6 is 15.9 Å². The first-order valence-electron chi connectivity index (χ1n) is 6.47. The fourth-order valence-electron chi connectivity index (χ4n) is 2.63. The van der Waals surface area contributed by atoms with E-state index in [-0.39, 0.29) is 5.91 Å². The van der Waals surface area contributed by atoms with Crippen molar-refractivity contribution < 1.29 is 4.79 Å². The quantitative estimate of drug-likeness (QED) is 0.783. The third kappa shape index (κ3) is 3.10. The van der Waals surface area contributed by atoms with Crippen molar-refractivity contribution in [1.82, 2.24) is 9.88 Å². The molecule has 1 aromatic heterocycles. The summed E-state index contributed by atoms with van der Waals surface area (Å²) >= 11 is 3.30. The lowest BCUT2D eigenvalue weighted by atomic mass is 9.86. The van der Waals surface area contributed by atoms with Gasteiger partial charge in [0.25, 0.3) is 5.91 Å². The lowest BCUT2D eigenvalue weighted by molar-refractivity contribution is 0.0666. The number of halogens is 1. The van der Waals surface area contributed by atoms with Gasteiger partial charge >= 0.3 is 0 Å². The Bertz CT molecular complexity index is 436. The lowest BCUT2D eigenvalue weighted by Gasteiger charge is -2.34. The molecule has 1 saturated carbocycles. The van der Waals surface area contributed by atoms with E-state index in [1.54, 1.807) is 6.07 Å². The fourth-order valence-corrected chi connectivity index (χ4v) is 2.97. The summed E-state index contributed by atoms with van der Waals surface area (Å²) in [7, 11) is 1.90. The molecular weight excluding hydrogens is 292 g/mol. The number of carbonyl (C=O) groups is 1. The van der Waals surface area contributed by atoms with E-state index >= 15 is 0 Å². The van der Waals surface area contributed by atoms with Gasteiger partial charge in [-0.1, -0.05) is 25.8 Å². The molecule has 18 heavy (non-hydrogen) atoms. The molecule has 2 atom stereocenters. The van der Waals surface area contributed by atoms with Crippen molar-refractivity contribution in [3.8, 4) is 0 Å². The molecule has 98 valence electrons. The molecule has 1 amide bonds. The Morgan fingerprint density at radius 3 is 2.89 bits per heavy atom. The third-order valence-corrected chi connectivity index (χ3v) is 4.15. The minimum Gasteiger partial charge on any atom is -0.337 e. The highest BCUT2D eigenvalue weighted by Crippen LogP contribution is 2.27. The molecule has 0 aromatic carbocycles. The maximum atomic E-state index is 12.3. The molecule has 0 spiro atoms. The smallest absolute Gasteiger partial charge is 0.272 e. The van der Waals surface area contributed by atoms with Crippen LogP contribution in [0.2, 0.25) is 0 Å². The van der Waals surface area contributed by atoms with E-state index in [2.05, 4.69) is 27.8 Å². The van der Waals surface area contributed by atoms with Crippen molar-refractivity contribution >= 4 is 21.8 Å². The Balaban J connectivity index is 2.08. The molecule has 0 N–H and O–H groups in total. The second-order valence-corrected chi connectivity index (χ2v) is 6.00. The molecule has 1 aliphatic carbocycles. The molecule has 1 aliphatic rings. The van der Waals surface area contributed by atoms with E-state index in [9.17, 15) is 4.79 Å². The van der Waals surface area contributed by atoms with Crippen molar-refractivity contribution in [3.63, 3.8) is 0 Å². The van der Waals surface area contributed by atoms with Crippen LogP contribution in [0.3, 0.4) is 0 Å². The highest BCUT2D eigenvalue weighted by molar-refractivity contribution is 9.10. The number of hydrogen-bond acceptors (Lipinski definition) is 2. The average molecular weight is 311 g/mol. The van der Waals surface area contributed by atoms with Crippen LogP contribution in [-0.2, 0) is 0 Å². The number of amides is 1. The Morgan fingerprint density at radius 2 is 2.22 bits per heavy atom. The van der Waals surface area contributed by atoms with Gasteiger partial charge in [-0.15, -0.1) is 0 Å². The highest BCUT2D eigenvalue weighted by Gasteiger charge is 2.26. The number of aromatic nitrogens is 1. The minimum absolute atomic E-state index is 0.0235. The second kappa shape index (κ2) is 5.83. The molecule has 1 aromatic rings. The Kier molecular flexibility index (Phi) is 4.38. The summed E-state index contributed by atoms with van der Waals surface area (Å²) < 4.78 is 0.707. The fraction of sp³-hybridized carbons (Fsp3) is 0.571. The van der Waals surface area contributed by atoms with Gasteiger partial charge in [0.15, 0.2) is 0 Å². The molecule has 0 saturated heterocycles. The van der Waals surface area contributed by atoms with Crippen LogP contribution < -0.4 is 0 Å². The lowest BCUT2D eigenvalue weighted by Crippen LogP contribution is -2.40. The standard InChI is InChI=1S/C14H19BrN2O/c1-10-5-3-6-11(9-10)17(2)14(18)12-7-4-8-13(15)16-12/h4,7-8,10-11H,3,5-6,9H2,1-2H3. The van der Waals surface area contributed by atoms with Gasteiger partial charge in [-0.3, -0.25) is 4.79 Å². The summed E-state index contributed by atoms with van der Waals surface area (Å²) in [5.41, 5.74) is 0.519. The molecular formula is C14H19BrN2O. The summed E-state index contributed by atoms with van der Waals surface area (Å²) in [5, 5.41) is 0. The monoisotopic (exact) mass is 310 g/mol. The maximum absolute atomic E-state index is 12.3. The summed E-state index contributed by atoms with van der Waals surface area (Å²) in [6.45, 7) is 2.27. The molecule has 2 rings (SSSR count). The van der Waals surface area contributed by atoms with Gasteiger partial charge in [0, 0.05) is 13.1 Å². The molecule has 0 radical (unpaired) electrons. The molecule has 0 aliphatic heterocycles. The second-order valence-electron chi connectivity index (χ2n) is 5.19. The van der Waals surface area contributed by atoms with E-state index in [0.29, 0.717) is 16.3 Å². The van der Waals surface area contributed by atoms with Crippen molar-refractivity contribution in [2.45, 2.75) is 38.6 Å². The Labute approximate surface area is 117 Å². The van der Waals surface area contributed by atoms with Gasteiger partial charge in [-0.05, 0) is 46.8 Å². The molecule has 1 heterocycles. The van der Waals surface area contributed by atoms with Crippen molar-refractivity contribution in [3.05, 3.63) is 28.5 Å². The number of rotatable bonds is 2. The average Bonchev–Trinajstić information content (AvgIpc) is 2.37. The molecule has 0 bridgehead atoms. The Hall–Kier alpha value is -0.900. The van der Waals surface area contributed by atoms with Gasteiger partial charge in [-0.2, -0.15) is 0 Å². The SMILES string of the molecule is CC1CCCC(N(C)C(=O)c2cccc(Br)n2)C1. The summed E-state index contributed by atoms with van der Waals surface area (Å²) in [6.07, 6.45) is 4.72. The molecule has 2 unspecified atom stereocenters. The largest absolute Gasteiger partial charge is 0.337 e. The van der Waals surface area contributed by atoms with Crippen LogP contribution in [-0.4, -0.2) is 28.9 Å². The Morgan fingerprint density at radius 1 is 1.44 bits per heavy atom. The predicted molar refractivity (Wildman–Crippen MR) is 75.5 cm³/mol. The van der Waals surface area contributed by atoms with Crippen LogP contribution in [0.5, 0.6) is 0 Å². The number of pyridine rings is 1. The van der Waals surface area contributed by atoms with Crippen molar-refractivity contribution in [2.75, 3.05) is 7.05 Å². The van der Waals surface area contributed by atoms with Crippen LogP contribution in [0.1, 0.15) is 43.1 Å². The van der Waals surface area contributed by atoms with Crippen LogP contribution in [0.25, 0.3) is 0 Å². The first-order valence-corrected chi connectivity index (χ1v) is 7.27. The molecule has 3 nitrogen and oxygen atoms in total. The number of hydrogen-bond donors (Lipinski definition) is 0. The maximum Gasteiger partial charge on any atom is 0.272 e. The zero-order chi connectivity index (χ0) is 13.1. The van der Waals surface area contributed by atoms with Crippen molar-refractivity contribution in [1.29, 1.82) is 0 Å². The predicted octanol–water partition coefficient (Wildman–Crippen LogP) is 3.49. The topological polar surface area (TPSA) is 33.2 Å². The third-order valence-electron chi connectivity index (χ3n) is 3.71. The summed E-state index contributed by atoms with van der Waals surface area (Å²) in [6, 6.07) is 5.82. The van der Waals surface area contributed by atoms with E-state index in [4.69, 9.17) is 0 Å². The van der Waals surface area contributed by atoms with Gasteiger partial charge in [-0.25, -0.2) is 4.98 Å². The minimum atomic E-state index is 0.0235. The van der Waals surface area contributed by atoms with Crippen LogP contribution in [0.15, 0.2) is 22.8 Å². The van der Waals surface area contributed by atoms with Gasteiger partial charge in [0.05, 0.1) is 0 Å². The number of carbonyl (C=O) groups excluding carboxylic acids is 1. The van der Waals surface area contributed by atoms with Crippen LogP contribution in [0, 0.1) is 5.92 Å². The highest BCUT2D eigenvalue weighted by atomic mass is 79.9. The van der Waals surface area contributed by atoms with Gasteiger partial charge in [0.2, 0.25) is 0 Å². The van der Waals surface area contributed by atoms with E-state index < -0.39 is 0 Å². The molecule has 4 heteroatoms.